The van der Waals surface area contributed by atoms with Crippen molar-refractivity contribution in [1.29, 1.82) is 0 Å². The number of carbonyl (C=O) groups is 1. The molecule has 128 valence electrons. The van der Waals surface area contributed by atoms with Gasteiger partial charge in [0.05, 0.1) is 25.9 Å². The number of rotatable bonds is 5. The summed E-state index contributed by atoms with van der Waals surface area (Å²) in [6.45, 7) is 4.36. The highest BCUT2D eigenvalue weighted by Crippen LogP contribution is 2.23. The van der Waals surface area contributed by atoms with Gasteiger partial charge in [-0.2, -0.15) is 0 Å². The van der Waals surface area contributed by atoms with Crippen LogP contribution in [0.1, 0.15) is 24.6 Å². The topological polar surface area (TPSA) is 71.7 Å². The number of ether oxygens (including phenoxy) is 1. The van der Waals surface area contributed by atoms with Crippen LogP contribution in [0.3, 0.4) is 0 Å². The van der Waals surface area contributed by atoms with Gasteiger partial charge in [-0.1, -0.05) is 0 Å². The molecule has 1 atom stereocenters. The molecule has 0 saturated carbocycles. The summed E-state index contributed by atoms with van der Waals surface area (Å²) in [5, 5.41) is 0. The molecular formula is C17H22N4O3. The lowest BCUT2D eigenvalue weighted by Crippen LogP contribution is -2.44. The maximum atomic E-state index is 12.7. The van der Waals surface area contributed by atoms with E-state index in [1.807, 2.05) is 18.0 Å². The lowest BCUT2D eigenvalue weighted by Gasteiger charge is -2.34. The third kappa shape index (κ3) is 3.56. The van der Waals surface area contributed by atoms with E-state index in [9.17, 15) is 4.79 Å². The number of morpholine rings is 1. The third-order valence-corrected chi connectivity index (χ3v) is 4.18. The number of carbonyl (C=O) groups excluding carboxylic acids is 1. The van der Waals surface area contributed by atoms with Crippen LogP contribution in [0.2, 0.25) is 0 Å². The van der Waals surface area contributed by atoms with E-state index in [1.54, 1.807) is 29.5 Å². The van der Waals surface area contributed by atoms with Gasteiger partial charge in [-0.05, 0) is 25.1 Å². The molecule has 1 fully saturated rings. The second kappa shape index (κ2) is 7.44. The molecule has 1 amide bonds. The number of nitrogens with zero attached hydrogens (tertiary/aromatic N) is 4. The van der Waals surface area contributed by atoms with Gasteiger partial charge in [0.1, 0.15) is 17.6 Å². The predicted octanol–water partition coefficient (Wildman–Crippen LogP) is 1.67. The molecule has 2 aromatic rings. The Kier molecular flexibility index (Phi) is 5.10. The van der Waals surface area contributed by atoms with Crippen LogP contribution in [0.5, 0.6) is 0 Å². The van der Waals surface area contributed by atoms with E-state index < -0.39 is 0 Å². The van der Waals surface area contributed by atoms with Gasteiger partial charge in [-0.15, -0.1) is 0 Å². The van der Waals surface area contributed by atoms with E-state index in [-0.39, 0.29) is 18.4 Å². The fourth-order valence-electron chi connectivity index (χ4n) is 2.68. The van der Waals surface area contributed by atoms with E-state index in [2.05, 4.69) is 16.9 Å². The average Bonchev–Trinajstić information content (AvgIpc) is 3.14. The predicted molar refractivity (Wildman–Crippen MR) is 88.7 cm³/mol. The summed E-state index contributed by atoms with van der Waals surface area (Å²) >= 11 is 0. The maximum Gasteiger partial charge on any atom is 0.230 e. The number of hydrogen-bond acceptors (Lipinski definition) is 6. The molecule has 1 aliphatic heterocycles. The van der Waals surface area contributed by atoms with Crippen LogP contribution in [0.25, 0.3) is 0 Å². The standard InChI is InChI=1S/C17H22N4O3/c1-3-20(2)15-6-7-18-17(19-15)14-12-23-10-8-21(14)16(22)11-13-5-4-9-24-13/h4-7,9,14H,3,8,10-12H2,1-2H3. The summed E-state index contributed by atoms with van der Waals surface area (Å²) in [4.78, 5) is 25.5. The first-order valence-electron chi connectivity index (χ1n) is 8.12. The van der Waals surface area contributed by atoms with E-state index in [0.717, 1.165) is 12.4 Å². The Balaban J connectivity index is 1.80. The van der Waals surface area contributed by atoms with Gasteiger partial charge in [0.15, 0.2) is 5.82 Å². The Morgan fingerprint density at radius 2 is 2.33 bits per heavy atom. The third-order valence-electron chi connectivity index (χ3n) is 4.18. The van der Waals surface area contributed by atoms with Crippen LogP contribution in [-0.2, 0) is 16.0 Å². The molecule has 7 heteroatoms. The monoisotopic (exact) mass is 330 g/mol. The first-order chi connectivity index (χ1) is 11.7. The molecule has 1 unspecified atom stereocenters. The number of hydrogen-bond donors (Lipinski definition) is 0. The van der Waals surface area contributed by atoms with Crippen molar-refractivity contribution in [2.24, 2.45) is 0 Å². The molecule has 0 radical (unpaired) electrons. The molecule has 0 aliphatic carbocycles. The van der Waals surface area contributed by atoms with E-state index in [4.69, 9.17) is 9.15 Å². The summed E-state index contributed by atoms with van der Waals surface area (Å²) < 4.78 is 10.9. The second-order valence-corrected chi connectivity index (χ2v) is 5.72. The number of furan rings is 1. The quantitative estimate of drug-likeness (QED) is 0.830. The van der Waals surface area contributed by atoms with Gasteiger partial charge < -0.3 is 19.0 Å². The minimum absolute atomic E-state index is 0.00361. The van der Waals surface area contributed by atoms with Crippen LogP contribution >= 0.6 is 0 Å². The Morgan fingerprint density at radius 3 is 3.08 bits per heavy atom. The number of aromatic nitrogens is 2. The van der Waals surface area contributed by atoms with Gasteiger partial charge >= 0.3 is 0 Å². The smallest absolute Gasteiger partial charge is 0.230 e. The van der Waals surface area contributed by atoms with Crippen molar-refractivity contribution in [1.82, 2.24) is 14.9 Å². The summed E-state index contributed by atoms with van der Waals surface area (Å²) in [6, 6.07) is 5.19. The summed E-state index contributed by atoms with van der Waals surface area (Å²) in [7, 11) is 1.98. The van der Waals surface area contributed by atoms with Crippen LogP contribution in [0, 0.1) is 0 Å². The molecule has 3 heterocycles. The van der Waals surface area contributed by atoms with E-state index in [0.29, 0.717) is 31.3 Å². The van der Waals surface area contributed by atoms with Crippen molar-refractivity contribution >= 4 is 11.7 Å². The Labute approximate surface area is 141 Å². The summed E-state index contributed by atoms with van der Waals surface area (Å²) in [5.74, 6) is 2.11. The molecule has 3 rings (SSSR count). The molecule has 0 N–H and O–H groups in total. The number of anilines is 1. The first kappa shape index (κ1) is 16.4. The molecule has 1 aliphatic rings. The minimum atomic E-state index is -0.272. The molecule has 0 aromatic carbocycles. The highest BCUT2D eigenvalue weighted by molar-refractivity contribution is 5.78. The van der Waals surface area contributed by atoms with Crippen LogP contribution in [-0.4, -0.2) is 54.1 Å². The van der Waals surface area contributed by atoms with Gasteiger partial charge in [-0.3, -0.25) is 4.79 Å². The highest BCUT2D eigenvalue weighted by Gasteiger charge is 2.31. The van der Waals surface area contributed by atoms with Crippen LogP contribution in [0.15, 0.2) is 35.1 Å². The minimum Gasteiger partial charge on any atom is -0.469 e. The fraction of sp³-hybridized carbons (Fsp3) is 0.471. The normalized spacial score (nSPS) is 17.8. The zero-order valence-electron chi connectivity index (χ0n) is 14.0. The molecule has 24 heavy (non-hydrogen) atoms. The molecule has 0 spiro atoms. The number of amides is 1. The zero-order chi connectivity index (χ0) is 16.9. The maximum absolute atomic E-state index is 12.7. The fourth-order valence-corrected chi connectivity index (χ4v) is 2.68. The molecule has 1 saturated heterocycles. The highest BCUT2D eigenvalue weighted by atomic mass is 16.5. The lowest BCUT2D eigenvalue weighted by atomic mass is 10.1. The van der Waals surface area contributed by atoms with Crippen LogP contribution < -0.4 is 4.90 Å². The molecule has 7 nitrogen and oxygen atoms in total. The SMILES string of the molecule is CCN(C)c1ccnc(C2COCCN2C(=O)Cc2ccco2)n1. The van der Waals surface area contributed by atoms with Gasteiger partial charge in [-0.25, -0.2) is 9.97 Å². The summed E-state index contributed by atoms with van der Waals surface area (Å²) in [5.41, 5.74) is 0. The van der Waals surface area contributed by atoms with E-state index in [1.165, 1.54) is 0 Å². The Morgan fingerprint density at radius 1 is 1.46 bits per heavy atom. The lowest BCUT2D eigenvalue weighted by molar-refractivity contribution is -0.140. The van der Waals surface area contributed by atoms with Crippen molar-refractivity contribution in [3.8, 4) is 0 Å². The van der Waals surface area contributed by atoms with Gasteiger partial charge in [0.25, 0.3) is 0 Å². The van der Waals surface area contributed by atoms with Crippen molar-refractivity contribution in [2.45, 2.75) is 19.4 Å². The largest absolute Gasteiger partial charge is 0.469 e. The van der Waals surface area contributed by atoms with Crippen molar-refractivity contribution < 1.29 is 13.9 Å². The molecular weight excluding hydrogens is 308 g/mol. The van der Waals surface area contributed by atoms with Crippen molar-refractivity contribution in [3.63, 3.8) is 0 Å². The first-order valence-corrected chi connectivity index (χ1v) is 8.12. The van der Waals surface area contributed by atoms with E-state index >= 15 is 0 Å². The van der Waals surface area contributed by atoms with Crippen molar-refractivity contribution in [2.75, 3.05) is 38.3 Å². The second-order valence-electron chi connectivity index (χ2n) is 5.72. The van der Waals surface area contributed by atoms with Gasteiger partial charge in [0.2, 0.25) is 5.91 Å². The Hall–Kier alpha value is -2.41. The molecule has 0 bridgehead atoms. The van der Waals surface area contributed by atoms with Crippen molar-refractivity contribution in [3.05, 3.63) is 42.2 Å². The van der Waals surface area contributed by atoms with Gasteiger partial charge in [0, 0.05) is 26.3 Å². The Bertz CT molecular complexity index is 674. The summed E-state index contributed by atoms with van der Waals surface area (Å²) in [6.07, 6.45) is 3.54. The molecule has 2 aromatic heterocycles. The zero-order valence-corrected chi connectivity index (χ0v) is 14.0. The average molecular weight is 330 g/mol. The van der Waals surface area contributed by atoms with Crippen LogP contribution in [0.4, 0.5) is 5.82 Å².